The summed E-state index contributed by atoms with van der Waals surface area (Å²) in [7, 11) is 1.38. The standard InChI is InChI=1S/C12H13FN2O2S/c1-17-9-3-2-7(6-8(9)13)15-11(16)12(4-5-12)10(14)18/h2-3,6H,4-5H2,1H3,(H2,14,18)(H,15,16). The summed E-state index contributed by atoms with van der Waals surface area (Å²) in [5.74, 6) is -0.682. The molecule has 0 bridgehead atoms. The van der Waals surface area contributed by atoms with Crippen molar-refractivity contribution in [1.29, 1.82) is 0 Å². The number of thiocarbonyl (C=S) groups is 1. The molecule has 0 saturated heterocycles. The summed E-state index contributed by atoms with van der Waals surface area (Å²) in [6.45, 7) is 0. The molecule has 96 valence electrons. The third kappa shape index (κ3) is 2.15. The zero-order valence-electron chi connectivity index (χ0n) is 9.83. The number of amides is 1. The second-order valence-corrected chi connectivity index (χ2v) is 4.69. The van der Waals surface area contributed by atoms with Crippen molar-refractivity contribution in [3.8, 4) is 5.75 Å². The minimum absolute atomic E-state index is 0.128. The van der Waals surface area contributed by atoms with Crippen molar-refractivity contribution in [1.82, 2.24) is 0 Å². The third-order valence-electron chi connectivity index (χ3n) is 3.07. The molecule has 1 amide bonds. The number of ether oxygens (including phenoxy) is 1. The average Bonchev–Trinajstić information content (AvgIpc) is 3.10. The summed E-state index contributed by atoms with van der Waals surface area (Å²) in [5.41, 5.74) is 5.16. The molecule has 0 radical (unpaired) electrons. The van der Waals surface area contributed by atoms with Gasteiger partial charge in [0.05, 0.1) is 17.5 Å². The molecule has 1 aliphatic carbocycles. The van der Waals surface area contributed by atoms with E-state index in [2.05, 4.69) is 5.32 Å². The molecule has 0 unspecified atom stereocenters. The highest BCUT2D eigenvalue weighted by Gasteiger charge is 2.52. The van der Waals surface area contributed by atoms with Crippen LogP contribution in [0, 0.1) is 11.2 Å². The number of hydrogen-bond donors (Lipinski definition) is 2. The fourth-order valence-electron chi connectivity index (χ4n) is 1.71. The first-order chi connectivity index (χ1) is 8.49. The molecule has 1 aromatic carbocycles. The Hall–Kier alpha value is -1.69. The molecular formula is C12H13FN2O2S. The molecule has 4 nitrogen and oxygen atoms in total. The predicted molar refractivity (Wildman–Crippen MR) is 70.0 cm³/mol. The van der Waals surface area contributed by atoms with Crippen molar-refractivity contribution in [3.63, 3.8) is 0 Å². The lowest BCUT2D eigenvalue weighted by Crippen LogP contribution is -2.35. The monoisotopic (exact) mass is 268 g/mol. The van der Waals surface area contributed by atoms with E-state index < -0.39 is 11.2 Å². The van der Waals surface area contributed by atoms with E-state index in [4.69, 9.17) is 22.7 Å². The van der Waals surface area contributed by atoms with Crippen molar-refractivity contribution in [2.24, 2.45) is 11.1 Å². The lowest BCUT2D eigenvalue weighted by atomic mass is 10.1. The normalized spacial score (nSPS) is 15.9. The van der Waals surface area contributed by atoms with Gasteiger partial charge in [0, 0.05) is 11.8 Å². The van der Waals surface area contributed by atoms with Crippen LogP contribution in [0.2, 0.25) is 0 Å². The summed E-state index contributed by atoms with van der Waals surface area (Å²) in [5, 5.41) is 2.62. The van der Waals surface area contributed by atoms with E-state index in [1.807, 2.05) is 0 Å². The Bertz CT molecular complexity index is 515. The Morgan fingerprint density at radius 3 is 2.67 bits per heavy atom. The van der Waals surface area contributed by atoms with Gasteiger partial charge in [0.15, 0.2) is 11.6 Å². The second-order valence-electron chi connectivity index (χ2n) is 4.25. The Morgan fingerprint density at radius 2 is 2.22 bits per heavy atom. The summed E-state index contributed by atoms with van der Waals surface area (Å²) in [6, 6.07) is 4.22. The van der Waals surface area contributed by atoms with E-state index >= 15 is 0 Å². The van der Waals surface area contributed by atoms with E-state index in [0.29, 0.717) is 18.5 Å². The quantitative estimate of drug-likeness (QED) is 0.818. The topological polar surface area (TPSA) is 64.3 Å². The van der Waals surface area contributed by atoms with E-state index in [-0.39, 0.29) is 16.6 Å². The third-order valence-corrected chi connectivity index (χ3v) is 3.46. The van der Waals surface area contributed by atoms with Crippen molar-refractivity contribution < 1.29 is 13.9 Å². The van der Waals surface area contributed by atoms with Gasteiger partial charge in [-0.3, -0.25) is 4.79 Å². The van der Waals surface area contributed by atoms with Crippen LogP contribution in [0.15, 0.2) is 18.2 Å². The van der Waals surface area contributed by atoms with Crippen LogP contribution in [0.4, 0.5) is 10.1 Å². The molecular weight excluding hydrogens is 255 g/mol. The molecule has 6 heteroatoms. The number of rotatable bonds is 4. The molecule has 1 fully saturated rings. The zero-order valence-corrected chi connectivity index (χ0v) is 10.6. The van der Waals surface area contributed by atoms with Crippen molar-refractivity contribution in [2.75, 3.05) is 12.4 Å². The number of nitrogens with one attached hydrogen (secondary N) is 1. The fraction of sp³-hybridized carbons (Fsp3) is 0.333. The molecule has 0 heterocycles. The highest BCUT2D eigenvalue weighted by Crippen LogP contribution is 2.46. The minimum atomic E-state index is -0.744. The smallest absolute Gasteiger partial charge is 0.237 e. The zero-order chi connectivity index (χ0) is 13.3. The molecule has 3 N–H and O–H groups in total. The van der Waals surface area contributed by atoms with Crippen LogP contribution < -0.4 is 15.8 Å². The Kier molecular flexibility index (Phi) is 3.21. The number of benzene rings is 1. The number of halogens is 1. The van der Waals surface area contributed by atoms with Crippen LogP contribution in [0.5, 0.6) is 5.75 Å². The summed E-state index contributed by atoms with van der Waals surface area (Å²) < 4.78 is 18.2. The van der Waals surface area contributed by atoms with E-state index in [9.17, 15) is 9.18 Å². The predicted octanol–water partition coefficient (Wildman–Crippen LogP) is 1.84. The van der Waals surface area contributed by atoms with Gasteiger partial charge in [0.25, 0.3) is 0 Å². The van der Waals surface area contributed by atoms with E-state index in [1.165, 1.54) is 19.2 Å². The molecule has 0 aliphatic heterocycles. The highest BCUT2D eigenvalue weighted by atomic mass is 32.1. The fourth-order valence-corrected chi connectivity index (χ4v) is 2.00. The molecule has 1 saturated carbocycles. The number of carbonyl (C=O) groups excluding carboxylic acids is 1. The van der Waals surface area contributed by atoms with Gasteiger partial charge in [0.2, 0.25) is 5.91 Å². The molecule has 18 heavy (non-hydrogen) atoms. The maximum absolute atomic E-state index is 13.4. The SMILES string of the molecule is COc1ccc(NC(=O)C2(C(N)=S)CC2)cc1F. The summed E-state index contributed by atoms with van der Waals surface area (Å²) >= 11 is 4.87. The summed E-state index contributed by atoms with van der Waals surface area (Å²) in [6.07, 6.45) is 1.29. The van der Waals surface area contributed by atoms with Crippen molar-refractivity contribution in [2.45, 2.75) is 12.8 Å². The molecule has 2 rings (SSSR count). The Balaban J connectivity index is 2.13. The van der Waals surface area contributed by atoms with Gasteiger partial charge in [-0.25, -0.2) is 4.39 Å². The number of carbonyl (C=O) groups is 1. The Labute approximate surface area is 109 Å². The molecule has 0 atom stereocenters. The first-order valence-electron chi connectivity index (χ1n) is 5.44. The van der Waals surface area contributed by atoms with Gasteiger partial charge in [0.1, 0.15) is 0 Å². The van der Waals surface area contributed by atoms with Crippen LogP contribution in [-0.2, 0) is 4.79 Å². The van der Waals surface area contributed by atoms with Crippen LogP contribution in [0.3, 0.4) is 0 Å². The van der Waals surface area contributed by atoms with Crippen molar-refractivity contribution >= 4 is 28.8 Å². The Morgan fingerprint density at radius 1 is 1.56 bits per heavy atom. The summed E-state index contributed by atoms with van der Waals surface area (Å²) in [4.78, 5) is 12.2. The van der Waals surface area contributed by atoms with Crippen molar-refractivity contribution in [3.05, 3.63) is 24.0 Å². The van der Waals surface area contributed by atoms with Crippen LogP contribution in [0.25, 0.3) is 0 Å². The van der Waals surface area contributed by atoms with Gasteiger partial charge < -0.3 is 15.8 Å². The molecule has 1 aliphatic rings. The first-order valence-corrected chi connectivity index (χ1v) is 5.85. The number of methoxy groups -OCH3 is 1. The van der Waals surface area contributed by atoms with Crippen LogP contribution in [0.1, 0.15) is 12.8 Å². The van der Waals surface area contributed by atoms with Gasteiger partial charge in [-0.1, -0.05) is 12.2 Å². The first kappa shape index (κ1) is 12.8. The lowest BCUT2D eigenvalue weighted by Gasteiger charge is -2.14. The van der Waals surface area contributed by atoms with Gasteiger partial charge >= 0.3 is 0 Å². The molecule has 0 aromatic heterocycles. The van der Waals surface area contributed by atoms with Crippen LogP contribution >= 0.6 is 12.2 Å². The lowest BCUT2D eigenvalue weighted by molar-refractivity contribution is -0.118. The van der Waals surface area contributed by atoms with Gasteiger partial charge in [-0.15, -0.1) is 0 Å². The van der Waals surface area contributed by atoms with Crippen LogP contribution in [-0.4, -0.2) is 18.0 Å². The second kappa shape index (κ2) is 4.53. The average molecular weight is 268 g/mol. The minimum Gasteiger partial charge on any atom is -0.494 e. The largest absolute Gasteiger partial charge is 0.494 e. The maximum atomic E-state index is 13.4. The van der Waals surface area contributed by atoms with E-state index in [1.54, 1.807) is 6.07 Å². The van der Waals surface area contributed by atoms with E-state index in [0.717, 1.165) is 0 Å². The number of anilines is 1. The van der Waals surface area contributed by atoms with Gasteiger partial charge in [-0.05, 0) is 25.0 Å². The number of hydrogen-bond acceptors (Lipinski definition) is 3. The maximum Gasteiger partial charge on any atom is 0.237 e. The molecule has 1 aromatic rings. The highest BCUT2D eigenvalue weighted by molar-refractivity contribution is 7.80. The van der Waals surface area contributed by atoms with Gasteiger partial charge in [-0.2, -0.15) is 0 Å². The number of nitrogens with two attached hydrogens (primary N) is 1. The molecule has 0 spiro atoms.